The minimum atomic E-state index is -0.160. The van der Waals surface area contributed by atoms with Crippen LogP contribution in [-0.2, 0) is 9.53 Å². The Morgan fingerprint density at radius 1 is 1.40 bits per heavy atom. The molecule has 60 valence electrons. The molecule has 0 fully saturated rings. The van der Waals surface area contributed by atoms with Crippen LogP contribution in [0.2, 0.25) is 0 Å². The van der Waals surface area contributed by atoms with Crippen molar-refractivity contribution in [2.24, 2.45) is 0 Å². The highest BCUT2D eigenvalue weighted by Crippen LogP contribution is 2.02. The summed E-state index contributed by atoms with van der Waals surface area (Å²) < 4.78 is 5.19. The number of rotatable bonds is 2. The molecule has 1 unspecified atom stereocenters. The quantitative estimate of drug-likeness (QED) is 0.412. The van der Waals surface area contributed by atoms with Crippen LogP contribution in [0, 0.1) is 0 Å². The number of likely N-dealkylation sites (N-methyl/N-ethyl adjacent to an activating group) is 1. The predicted octanol–water partition coefficient (Wildman–Crippen LogP) is 0.254. The number of carbonyl (C=O) groups excluding carboxylic acids is 1. The first kappa shape index (κ1) is 9.43. The largest absolute Gasteiger partial charge is 0.465 e. The summed E-state index contributed by atoms with van der Waals surface area (Å²) in [6.45, 7) is 1.85. The molecule has 0 amide bonds. The molecule has 0 saturated carbocycles. The van der Waals surface area contributed by atoms with Crippen LogP contribution in [0.3, 0.4) is 0 Å². The van der Waals surface area contributed by atoms with Crippen LogP contribution >= 0.6 is 0 Å². The number of hydrogen-bond donors (Lipinski definition) is 0. The summed E-state index contributed by atoms with van der Waals surface area (Å²) in [5.74, 6) is -0.160. The van der Waals surface area contributed by atoms with E-state index in [4.69, 9.17) is 0 Å². The van der Waals surface area contributed by atoms with Gasteiger partial charge in [-0.2, -0.15) is 0 Å². The highest BCUT2D eigenvalue weighted by Gasteiger charge is 2.26. The zero-order chi connectivity index (χ0) is 8.36. The Morgan fingerprint density at radius 2 is 1.80 bits per heavy atom. The highest BCUT2D eigenvalue weighted by atomic mass is 16.5. The van der Waals surface area contributed by atoms with Crippen LogP contribution < -0.4 is 0 Å². The van der Waals surface area contributed by atoms with Gasteiger partial charge in [-0.15, -0.1) is 0 Å². The van der Waals surface area contributed by atoms with Crippen molar-refractivity contribution in [3.05, 3.63) is 0 Å². The van der Waals surface area contributed by atoms with Crippen molar-refractivity contribution in [1.29, 1.82) is 0 Å². The van der Waals surface area contributed by atoms with Gasteiger partial charge in [0, 0.05) is 0 Å². The third-order valence-corrected chi connectivity index (χ3v) is 1.70. The van der Waals surface area contributed by atoms with E-state index >= 15 is 0 Å². The third-order valence-electron chi connectivity index (χ3n) is 1.70. The van der Waals surface area contributed by atoms with Gasteiger partial charge in [0.05, 0.1) is 28.3 Å². The van der Waals surface area contributed by atoms with Gasteiger partial charge in [0.15, 0.2) is 6.04 Å². The predicted molar refractivity (Wildman–Crippen MR) is 39.5 cm³/mol. The van der Waals surface area contributed by atoms with Gasteiger partial charge in [-0.1, -0.05) is 0 Å². The second kappa shape index (κ2) is 3.01. The summed E-state index contributed by atoms with van der Waals surface area (Å²) >= 11 is 0. The molecule has 0 aliphatic rings. The molecule has 0 rings (SSSR count). The number of quaternary nitrogens is 1. The molecule has 0 aromatic heterocycles. The Bertz CT molecular complexity index is 126. The zero-order valence-electron chi connectivity index (χ0n) is 7.34. The lowest BCUT2D eigenvalue weighted by atomic mass is 10.3. The standard InChI is InChI=1S/C7H16NO2/c1-6(7(9)10-5)8(2,3)4/h6H,1-5H3/q+1. The molecule has 0 aromatic rings. The lowest BCUT2D eigenvalue weighted by Gasteiger charge is -2.29. The SMILES string of the molecule is COC(=O)C(C)[N+](C)(C)C. The molecule has 3 nitrogen and oxygen atoms in total. The van der Waals surface area contributed by atoms with Crippen molar-refractivity contribution in [3.8, 4) is 0 Å². The van der Waals surface area contributed by atoms with Gasteiger partial charge in [0.1, 0.15) is 0 Å². The Kier molecular flexibility index (Phi) is 2.84. The first-order valence-corrected chi connectivity index (χ1v) is 3.28. The molecular formula is C7H16NO2+. The van der Waals surface area contributed by atoms with Gasteiger partial charge in [-0.05, 0) is 6.92 Å². The Labute approximate surface area is 62.2 Å². The maximum Gasteiger partial charge on any atom is 0.364 e. The molecule has 0 radical (unpaired) electrons. The van der Waals surface area contributed by atoms with Gasteiger partial charge < -0.3 is 9.22 Å². The van der Waals surface area contributed by atoms with E-state index in [1.807, 2.05) is 28.1 Å². The van der Waals surface area contributed by atoms with Crippen LogP contribution in [0.25, 0.3) is 0 Å². The van der Waals surface area contributed by atoms with Gasteiger partial charge in [-0.25, -0.2) is 4.79 Å². The maximum absolute atomic E-state index is 10.9. The van der Waals surface area contributed by atoms with Crippen molar-refractivity contribution in [2.75, 3.05) is 28.3 Å². The lowest BCUT2D eigenvalue weighted by Crippen LogP contribution is -2.48. The van der Waals surface area contributed by atoms with Crippen molar-refractivity contribution in [1.82, 2.24) is 0 Å². The minimum absolute atomic E-state index is 0.0926. The van der Waals surface area contributed by atoms with E-state index in [1.54, 1.807) is 0 Å². The molecule has 0 aliphatic carbocycles. The number of methoxy groups -OCH3 is 1. The van der Waals surface area contributed by atoms with Gasteiger partial charge >= 0.3 is 5.97 Å². The summed E-state index contributed by atoms with van der Waals surface area (Å²) in [7, 11) is 7.29. The number of ether oxygens (including phenoxy) is 1. The third kappa shape index (κ3) is 2.35. The van der Waals surface area contributed by atoms with Crippen molar-refractivity contribution < 1.29 is 14.0 Å². The van der Waals surface area contributed by atoms with E-state index in [2.05, 4.69) is 4.74 Å². The Hall–Kier alpha value is -0.570. The number of nitrogens with zero attached hydrogens (tertiary/aromatic N) is 1. The van der Waals surface area contributed by atoms with Crippen LogP contribution in [0.15, 0.2) is 0 Å². The van der Waals surface area contributed by atoms with E-state index in [1.165, 1.54) is 7.11 Å². The van der Waals surface area contributed by atoms with E-state index in [-0.39, 0.29) is 12.0 Å². The molecule has 3 heteroatoms. The van der Waals surface area contributed by atoms with Gasteiger partial charge in [0.25, 0.3) is 0 Å². The highest BCUT2D eigenvalue weighted by molar-refractivity contribution is 5.73. The summed E-state index contributed by atoms with van der Waals surface area (Å²) in [4.78, 5) is 10.9. The number of esters is 1. The first-order valence-electron chi connectivity index (χ1n) is 3.28. The lowest BCUT2D eigenvalue weighted by molar-refractivity contribution is -0.885. The van der Waals surface area contributed by atoms with Crippen LogP contribution in [0.5, 0.6) is 0 Å². The van der Waals surface area contributed by atoms with Crippen LogP contribution in [0.1, 0.15) is 6.92 Å². The fourth-order valence-electron chi connectivity index (χ4n) is 0.487. The first-order chi connectivity index (χ1) is 4.39. The zero-order valence-corrected chi connectivity index (χ0v) is 7.34. The minimum Gasteiger partial charge on any atom is -0.465 e. The van der Waals surface area contributed by atoms with Crippen molar-refractivity contribution >= 4 is 5.97 Å². The summed E-state index contributed by atoms with van der Waals surface area (Å²) in [6.07, 6.45) is 0. The second-order valence-corrected chi connectivity index (χ2v) is 3.32. The molecular weight excluding hydrogens is 130 g/mol. The second-order valence-electron chi connectivity index (χ2n) is 3.32. The molecule has 1 atom stereocenters. The van der Waals surface area contributed by atoms with Crippen molar-refractivity contribution in [2.45, 2.75) is 13.0 Å². The van der Waals surface area contributed by atoms with E-state index in [0.29, 0.717) is 4.48 Å². The fourth-order valence-corrected chi connectivity index (χ4v) is 0.487. The molecule has 0 aliphatic heterocycles. The summed E-state index contributed by atoms with van der Waals surface area (Å²) in [5.41, 5.74) is 0. The van der Waals surface area contributed by atoms with Crippen LogP contribution in [0.4, 0.5) is 0 Å². The van der Waals surface area contributed by atoms with E-state index in [9.17, 15) is 4.79 Å². The topological polar surface area (TPSA) is 26.3 Å². The van der Waals surface area contributed by atoms with E-state index in [0.717, 1.165) is 0 Å². The maximum atomic E-state index is 10.9. The normalized spacial score (nSPS) is 14.5. The smallest absolute Gasteiger partial charge is 0.364 e. The molecule has 0 heterocycles. The number of hydrogen-bond acceptors (Lipinski definition) is 2. The fraction of sp³-hybridized carbons (Fsp3) is 0.857. The van der Waals surface area contributed by atoms with Crippen molar-refractivity contribution in [3.63, 3.8) is 0 Å². The average Bonchev–Trinajstić information content (AvgIpc) is 1.83. The van der Waals surface area contributed by atoms with Gasteiger partial charge in [0.2, 0.25) is 0 Å². The molecule has 0 saturated heterocycles. The molecule has 0 bridgehead atoms. The molecule has 0 aromatic carbocycles. The molecule has 0 N–H and O–H groups in total. The molecule has 0 spiro atoms. The Balaban J connectivity index is 4.08. The Morgan fingerprint density at radius 3 is 1.90 bits per heavy atom. The monoisotopic (exact) mass is 146 g/mol. The van der Waals surface area contributed by atoms with E-state index < -0.39 is 0 Å². The number of carbonyl (C=O) groups is 1. The van der Waals surface area contributed by atoms with Gasteiger partial charge in [-0.3, -0.25) is 0 Å². The summed E-state index contributed by atoms with van der Waals surface area (Å²) in [6, 6.07) is -0.0926. The van der Waals surface area contributed by atoms with Crippen LogP contribution in [-0.4, -0.2) is 44.7 Å². The average molecular weight is 146 g/mol. The molecule has 10 heavy (non-hydrogen) atoms. The summed E-state index contributed by atoms with van der Waals surface area (Å²) in [5, 5.41) is 0.